The van der Waals surface area contributed by atoms with Crippen molar-refractivity contribution in [1.29, 1.82) is 0 Å². The van der Waals surface area contributed by atoms with E-state index in [9.17, 15) is 9.67 Å². The number of phenols is 1. The highest BCUT2D eigenvalue weighted by Gasteiger charge is 2.36. The van der Waals surface area contributed by atoms with Gasteiger partial charge in [0.2, 0.25) is 7.29 Å². The Labute approximate surface area is 168 Å². The quantitative estimate of drug-likeness (QED) is 0.587. The molecular weight excluding hydrogens is 365 g/mol. The Morgan fingerprint density at radius 1 is 0.821 bits per heavy atom. The molecule has 0 bridgehead atoms. The Hall–Kier alpha value is -2.51. The molecule has 0 unspecified atom stereocenters. The van der Waals surface area contributed by atoms with Gasteiger partial charge in [0, 0.05) is 22.7 Å². The monoisotopic (exact) mass is 393 g/mol. The molecule has 3 aromatic carbocycles. The van der Waals surface area contributed by atoms with E-state index in [2.05, 4.69) is 20.8 Å². The average Bonchev–Trinajstić information content (AvgIpc) is 2.70. The second kappa shape index (κ2) is 7.85. The van der Waals surface area contributed by atoms with Gasteiger partial charge in [0.15, 0.2) is 0 Å². The Morgan fingerprint density at radius 3 is 1.75 bits per heavy atom. The van der Waals surface area contributed by atoms with Crippen LogP contribution in [0.3, 0.4) is 0 Å². The third kappa shape index (κ3) is 3.59. The molecule has 3 nitrogen and oxygen atoms in total. The lowest BCUT2D eigenvalue weighted by Gasteiger charge is -2.35. The lowest BCUT2D eigenvalue weighted by atomic mass is 9.86. The van der Waals surface area contributed by atoms with Crippen molar-refractivity contribution in [3.8, 4) is 5.75 Å². The molecule has 146 valence electrons. The van der Waals surface area contributed by atoms with Gasteiger partial charge in [0.05, 0.1) is 5.69 Å². The van der Waals surface area contributed by atoms with Gasteiger partial charge in [-0.05, 0) is 42.7 Å². The van der Waals surface area contributed by atoms with Crippen LogP contribution in [0.15, 0.2) is 78.9 Å². The van der Waals surface area contributed by atoms with Crippen molar-refractivity contribution < 1.29 is 9.67 Å². The van der Waals surface area contributed by atoms with Gasteiger partial charge in [0.25, 0.3) is 0 Å². The van der Waals surface area contributed by atoms with E-state index in [-0.39, 0.29) is 11.2 Å². The Kier molecular flexibility index (Phi) is 5.67. The zero-order valence-electron chi connectivity index (χ0n) is 17.0. The minimum atomic E-state index is -3.18. The molecule has 4 heteroatoms. The summed E-state index contributed by atoms with van der Waals surface area (Å²) in [4.78, 5) is 0. The number of anilines is 1. The molecule has 3 aromatic rings. The first-order valence-corrected chi connectivity index (χ1v) is 11.3. The van der Waals surface area contributed by atoms with E-state index >= 15 is 0 Å². The summed E-state index contributed by atoms with van der Waals surface area (Å²) >= 11 is 0. The molecule has 0 radical (unpaired) electrons. The van der Waals surface area contributed by atoms with Gasteiger partial charge in [-0.1, -0.05) is 69.3 Å². The number of para-hydroxylation sites is 1. The lowest BCUT2D eigenvalue weighted by molar-refractivity contribution is 0.447. The Morgan fingerprint density at radius 2 is 1.32 bits per heavy atom. The first-order chi connectivity index (χ1) is 13.3. The summed E-state index contributed by atoms with van der Waals surface area (Å²) in [6.45, 7) is 8.67. The smallest absolute Gasteiger partial charge is 0.229 e. The number of nitrogens with zero attached hydrogens (tertiary/aromatic N) is 1. The molecule has 3 rings (SSSR count). The van der Waals surface area contributed by atoms with Crippen LogP contribution in [0.1, 0.15) is 33.3 Å². The van der Waals surface area contributed by atoms with Gasteiger partial charge >= 0.3 is 0 Å². The van der Waals surface area contributed by atoms with Gasteiger partial charge in [-0.2, -0.15) is 0 Å². The average molecular weight is 393 g/mol. The third-order valence-corrected chi connectivity index (χ3v) is 8.13. The molecule has 0 aliphatic rings. The number of phenolic OH excluding ortho intramolecular Hbond substituents is 1. The van der Waals surface area contributed by atoms with E-state index in [0.29, 0.717) is 12.2 Å². The van der Waals surface area contributed by atoms with E-state index in [1.165, 1.54) is 0 Å². The van der Waals surface area contributed by atoms with Gasteiger partial charge in [0.1, 0.15) is 5.75 Å². The molecule has 0 spiro atoms. The predicted octanol–water partition coefficient (Wildman–Crippen LogP) is 5.45. The van der Waals surface area contributed by atoms with Crippen molar-refractivity contribution in [1.82, 2.24) is 0 Å². The van der Waals surface area contributed by atoms with Crippen molar-refractivity contribution in [3.05, 3.63) is 84.4 Å². The molecule has 0 fully saturated rings. The summed E-state index contributed by atoms with van der Waals surface area (Å²) in [6.07, 6.45) is 0. The van der Waals surface area contributed by atoms with Crippen molar-refractivity contribution in [2.45, 2.75) is 33.1 Å². The normalized spacial score (nSPS) is 12.0. The van der Waals surface area contributed by atoms with Crippen LogP contribution in [0.5, 0.6) is 5.75 Å². The summed E-state index contributed by atoms with van der Waals surface area (Å²) < 4.78 is 16.5. The summed E-state index contributed by atoms with van der Waals surface area (Å²) in [5.41, 5.74) is 1.23. The molecular formula is C24H28NO2P. The molecule has 0 aromatic heterocycles. The minimum absolute atomic E-state index is 0.198. The lowest BCUT2D eigenvalue weighted by Crippen LogP contribution is -2.32. The largest absolute Gasteiger partial charge is 0.505 e. The van der Waals surface area contributed by atoms with Crippen molar-refractivity contribution in [3.63, 3.8) is 0 Å². The fourth-order valence-electron chi connectivity index (χ4n) is 3.55. The van der Waals surface area contributed by atoms with E-state index < -0.39 is 7.29 Å². The number of hydrogen-bond donors (Lipinski definition) is 1. The maximum atomic E-state index is 14.7. The molecule has 28 heavy (non-hydrogen) atoms. The number of aromatic hydroxyl groups is 1. The molecule has 0 saturated heterocycles. The van der Waals surface area contributed by atoms with Crippen LogP contribution in [0, 0.1) is 0 Å². The highest BCUT2D eigenvalue weighted by Crippen LogP contribution is 2.53. The molecule has 0 aliphatic carbocycles. The van der Waals surface area contributed by atoms with Crippen molar-refractivity contribution in [2.24, 2.45) is 0 Å². The highest BCUT2D eigenvalue weighted by atomic mass is 31.2. The molecule has 0 heterocycles. The molecule has 0 saturated carbocycles. The first kappa shape index (κ1) is 20.2. The molecule has 0 amide bonds. The van der Waals surface area contributed by atoms with Gasteiger partial charge in [-0.3, -0.25) is 4.57 Å². The standard InChI is InChI=1S/C24H28NO2P/c1-5-25(22-18-12-17-21(23(22)26)24(2,3)4)28(27,19-13-8-6-9-14-19)20-15-10-7-11-16-20/h6-18,26H,5H2,1-4H3. The van der Waals surface area contributed by atoms with Crippen LogP contribution in [0.2, 0.25) is 0 Å². The van der Waals surface area contributed by atoms with Crippen LogP contribution < -0.4 is 15.3 Å². The predicted molar refractivity (Wildman–Crippen MR) is 120 cm³/mol. The molecule has 0 aliphatic heterocycles. The third-order valence-electron chi connectivity index (χ3n) is 4.95. The van der Waals surface area contributed by atoms with Crippen LogP contribution in [-0.2, 0) is 9.98 Å². The summed E-state index contributed by atoms with van der Waals surface area (Å²) in [7, 11) is -3.18. The van der Waals surface area contributed by atoms with Crippen LogP contribution >= 0.6 is 7.29 Å². The number of hydrogen-bond acceptors (Lipinski definition) is 2. The number of benzene rings is 3. The SMILES string of the molecule is CCN(c1cccc(C(C)(C)C)c1O)P(=O)(c1ccccc1)c1ccccc1. The minimum Gasteiger partial charge on any atom is -0.505 e. The first-order valence-electron chi connectivity index (χ1n) is 9.62. The maximum absolute atomic E-state index is 14.7. The van der Waals surface area contributed by atoms with E-state index in [1.54, 1.807) is 0 Å². The fourth-order valence-corrected chi connectivity index (χ4v) is 6.43. The summed E-state index contributed by atoms with van der Waals surface area (Å²) in [5, 5.41) is 12.6. The Bertz CT molecular complexity index is 935. The zero-order valence-corrected chi connectivity index (χ0v) is 17.9. The second-order valence-corrected chi connectivity index (χ2v) is 10.6. The fraction of sp³-hybridized carbons (Fsp3) is 0.250. The molecule has 0 atom stereocenters. The van der Waals surface area contributed by atoms with Crippen LogP contribution in [0.25, 0.3) is 0 Å². The topological polar surface area (TPSA) is 40.5 Å². The molecule has 1 N–H and O–H groups in total. The van der Waals surface area contributed by atoms with Gasteiger partial charge in [-0.25, -0.2) is 0 Å². The Balaban J connectivity index is 2.27. The van der Waals surface area contributed by atoms with E-state index in [4.69, 9.17) is 0 Å². The van der Waals surface area contributed by atoms with Crippen LogP contribution in [0.4, 0.5) is 5.69 Å². The highest BCUT2D eigenvalue weighted by molar-refractivity contribution is 7.80. The maximum Gasteiger partial charge on any atom is 0.229 e. The van der Waals surface area contributed by atoms with Crippen LogP contribution in [-0.4, -0.2) is 11.7 Å². The van der Waals surface area contributed by atoms with E-state index in [0.717, 1.165) is 16.2 Å². The second-order valence-electron chi connectivity index (χ2n) is 7.89. The summed E-state index contributed by atoms with van der Waals surface area (Å²) in [5.74, 6) is 0.198. The van der Waals surface area contributed by atoms with Crippen molar-refractivity contribution >= 4 is 23.6 Å². The number of rotatable bonds is 5. The van der Waals surface area contributed by atoms with Gasteiger partial charge in [-0.15, -0.1) is 0 Å². The zero-order chi connectivity index (χ0) is 20.4. The van der Waals surface area contributed by atoms with E-state index in [1.807, 2.05) is 90.5 Å². The van der Waals surface area contributed by atoms with Gasteiger partial charge < -0.3 is 9.78 Å². The summed E-state index contributed by atoms with van der Waals surface area (Å²) in [6, 6.07) is 24.8. The van der Waals surface area contributed by atoms with Crippen molar-refractivity contribution in [2.75, 3.05) is 11.2 Å².